The molecule has 2 heterocycles. The minimum absolute atomic E-state index is 0.0620. The number of carbonyl (C=O) groups is 1. The molecule has 0 aromatic carbocycles. The number of aliphatic hydroxyl groups is 1. The molecule has 0 spiro atoms. The molecule has 17 heavy (non-hydrogen) atoms. The number of nitrogens with one attached hydrogen (secondary N) is 1. The predicted molar refractivity (Wildman–Crippen MR) is 66.6 cm³/mol. The normalized spacial score (nSPS) is 31.0. The third-order valence-electron chi connectivity index (χ3n) is 4.02. The lowest BCUT2D eigenvalue weighted by Gasteiger charge is -2.33. The van der Waals surface area contributed by atoms with Crippen molar-refractivity contribution in [3.8, 4) is 0 Å². The van der Waals surface area contributed by atoms with Crippen LogP contribution in [0.3, 0.4) is 0 Å². The third kappa shape index (κ3) is 3.19. The number of aliphatic hydroxyl groups excluding tert-OH is 1. The van der Waals surface area contributed by atoms with Gasteiger partial charge in [0.2, 0.25) is 5.91 Å². The number of nitrogens with zero attached hydrogens (tertiary/aromatic N) is 1. The maximum atomic E-state index is 12.5. The van der Waals surface area contributed by atoms with Crippen LogP contribution in [0.15, 0.2) is 0 Å². The Morgan fingerprint density at radius 3 is 2.82 bits per heavy atom. The van der Waals surface area contributed by atoms with E-state index in [-0.39, 0.29) is 24.5 Å². The van der Waals surface area contributed by atoms with Crippen molar-refractivity contribution in [2.75, 3.05) is 26.2 Å². The Labute approximate surface area is 103 Å². The molecule has 2 saturated heterocycles. The fraction of sp³-hybridized carbons (Fsp3) is 0.923. The van der Waals surface area contributed by atoms with Gasteiger partial charge < -0.3 is 15.3 Å². The number of carbonyl (C=O) groups excluding carboxylic acids is 1. The number of piperidine rings is 1. The lowest BCUT2D eigenvalue weighted by molar-refractivity contribution is -0.139. The van der Waals surface area contributed by atoms with Crippen LogP contribution in [-0.4, -0.2) is 48.2 Å². The highest BCUT2D eigenvalue weighted by Crippen LogP contribution is 2.21. The molecule has 0 aliphatic carbocycles. The average molecular weight is 240 g/mol. The molecule has 2 fully saturated rings. The molecule has 98 valence electrons. The monoisotopic (exact) mass is 240 g/mol. The first-order valence-electron chi connectivity index (χ1n) is 6.95. The number of likely N-dealkylation sites (tertiary alicyclic amines) is 1. The first kappa shape index (κ1) is 12.8. The maximum absolute atomic E-state index is 12.5. The molecular weight excluding hydrogens is 216 g/mol. The van der Waals surface area contributed by atoms with Crippen molar-refractivity contribution in [2.45, 2.75) is 44.6 Å². The van der Waals surface area contributed by atoms with Crippen molar-refractivity contribution < 1.29 is 9.90 Å². The second-order valence-electron chi connectivity index (χ2n) is 5.26. The minimum Gasteiger partial charge on any atom is -0.394 e. The van der Waals surface area contributed by atoms with E-state index in [1.165, 1.54) is 6.42 Å². The molecule has 4 heteroatoms. The summed E-state index contributed by atoms with van der Waals surface area (Å²) < 4.78 is 0. The molecule has 2 aliphatic heterocycles. The van der Waals surface area contributed by atoms with Crippen molar-refractivity contribution >= 4 is 5.91 Å². The number of rotatable bonds is 2. The number of hydrogen-bond donors (Lipinski definition) is 2. The van der Waals surface area contributed by atoms with Crippen LogP contribution in [-0.2, 0) is 4.79 Å². The SMILES string of the molecule is O=C(C1CCCNC1)N1CCCCCC1CO. The van der Waals surface area contributed by atoms with Crippen LogP contribution in [0.25, 0.3) is 0 Å². The topological polar surface area (TPSA) is 52.6 Å². The van der Waals surface area contributed by atoms with Crippen molar-refractivity contribution in [2.24, 2.45) is 5.92 Å². The van der Waals surface area contributed by atoms with Crippen LogP contribution in [0, 0.1) is 5.92 Å². The highest BCUT2D eigenvalue weighted by atomic mass is 16.3. The highest BCUT2D eigenvalue weighted by molar-refractivity contribution is 5.79. The van der Waals surface area contributed by atoms with E-state index in [2.05, 4.69) is 5.32 Å². The molecule has 2 aliphatic rings. The molecule has 0 aromatic rings. The molecule has 2 rings (SSSR count). The Morgan fingerprint density at radius 1 is 1.24 bits per heavy atom. The molecule has 2 unspecified atom stereocenters. The quantitative estimate of drug-likeness (QED) is 0.749. The highest BCUT2D eigenvalue weighted by Gasteiger charge is 2.30. The summed E-state index contributed by atoms with van der Waals surface area (Å²) >= 11 is 0. The van der Waals surface area contributed by atoms with Crippen LogP contribution in [0.2, 0.25) is 0 Å². The zero-order valence-electron chi connectivity index (χ0n) is 10.5. The minimum atomic E-state index is 0.0620. The van der Waals surface area contributed by atoms with Crippen LogP contribution in [0.5, 0.6) is 0 Å². The van der Waals surface area contributed by atoms with Gasteiger partial charge in [0.05, 0.1) is 18.6 Å². The largest absolute Gasteiger partial charge is 0.394 e. The summed E-state index contributed by atoms with van der Waals surface area (Å²) in [4.78, 5) is 14.4. The van der Waals surface area contributed by atoms with Gasteiger partial charge in [-0.1, -0.05) is 12.8 Å². The van der Waals surface area contributed by atoms with Crippen molar-refractivity contribution in [1.82, 2.24) is 10.2 Å². The Hall–Kier alpha value is -0.610. The summed E-state index contributed by atoms with van der Waals surface area (Å²) in [6, 6.07) is 0.0620. The zero-order valence-corrected chi connectivity index (χ0v) is 10.5. The van der Waals surface area contributed by atoms with Gasteiger partial charge in [-0.25, -0.2) is 0 Å². The van der Waals surface area contributed by atoms with Gasteiger partial charge >= 0.3 is 0 Å². The van der Waals surface area contributed by atoms with Gasteiger partial charge in [0.15, 0.2) is 0 Å². The second kappa shape index (κ2) is 6.36. The van der Waals surface area contributed by atoms with Gasteiger partial charge in [-0.05, 0) is 32.2 Å². The smallest absolute Gasteiger partial charge is 0.227 e. The van der Waals surface area contributed by atoms with E-state index in [1.807, 2.05) is 4.90 Å². The lowest BCUT2D eigenvalue weighted by atomic mass is 9.97. The first-order chi connectivity index (χ1) is 8.33. The third-order valence-corrected chi connectivity index (χ3v) is 4.02. The first-order valence-corrected chi connectivity index (χ1v) is 6.95. The van der Waals surface area contributed by atoms with E-state index in [9.17, 15) is 9.90 Å². The Morgan fingerprint density at radius 2 is 2.12 bits per heavy atom. The number of amides is 1. The second-order valence-corrected chi connectivity index (χ2v) is 5.26. The summed E-state index contributed by atoms with van der Waals surface area (Å²) in [5, 5.41) is 12.7. The molecule has 4 nitrogen and oxygen atoms in total. The summed E-state index contributed by atoms with van der Waals surface area (Å²) in [6.07, 6.45) is 6.46. The van der Waals surface area contributed by atoms with Gasteiger partial charge in [0.25, 0.3) is 0 Å². The van der Waals surface area contributed by atoms with Crippen LogP contribution < -0.4 is 5.32 Å². The Balaban J connectivity index is 1.98. The summed E-state index contributed by atoms with van der Waals surface area (Å²) in [5.74, 6) is 0.397. The van der Waals surface area contributed by atoms with Crippen molar-refractivity contribution in [3.63, 3.8) is 0 Å². The zero-order chi connectivity index (χ0) is 12.1. The Kier molecular flexibility index (Phi) is 4.80. The summed E-state index contributed by atoms with van der Waals surface area (Å²) in [6.45, 7) is 2.80. The van der Waals surface area contributed by atoms with E-state index in [0.29, 0.717) is 0 Å². The van der Waals surface area contributed by atoms with Crippen LogP contribution in [0.1, 0.15) is 38.5 Å². The van der Waals surface area contributed by atoms with E-state index in [4.69, 9.17) is 0 Å². The standard InChI is InChI=1S/C13H24N2O2/c16-10-12-6-2-1-3-8-15(12)13(17)11-5-4-7-14-9-11/h11-12,14,16H,1-10H2. The fourth-order valence-corrected chi connectivity index (χ4v) is 2.95. The van der Waals surface area contributed by atoms with Gasteiger partial charge in [0.1, 0.15) is 0 Å². The molecule has 2 N–H and O–H groups in total. The number of hydrogen-bond acceptors (Lipinski definition) is 3. The fourth-order valence-electron chi connectivity index (χ4n) is 2.95. The summed E-state index contributed by atoms with van der Waals surface area (Å²) in [7, 11) is 0. The van der Waals surface area contributed by atoms with Crippen molar-refractivity contribution in [3.05, 3.63) is 0 Å². The summed E-state index contributed by atoms with van der Waals surface area (Å²) in [5.41, 5.74) is 0. The van der Waals surface area contributed by atoms with Gasteiger partial charge in [-0.2, -0.15) is 0 Å². The molecule has 0 radical (unpaired) electrons. The lowest BCUT2D eigenvalue weighted by Crippen LogP contribution is -2.48. The Bertz CT molecular complexity index is 252. The van der Waals surface area contributed by atoms with Gasteiger partial charge in [0, 0.05) is 13.1 Å². The van der Waals surface area contributed by atoms with E-state index >= 15 is 0 Å². The van der Waals surface area contributed by atoms with E-state index in [1.54, 1.807) is 0 Å². The van der Waals surface area contributed by atoms with Gasteiger partial charge in [-0.15, -0.1) is 0 Å². The molecule has 0 saturated carbocycles. The molecule has 2 atom stereocenters. The van der Waals surface area contributed by atoms with Crippen molar-refractivity contribution in [1.29, 1.82) is 0 Å². The predicted octanol–water partition coefficient (Wildman–Crippen LogP) is 0.749. The van der Waals surface area contributed by atoms with E-state index < -0.39 is 0 Å². The average Bonchev–Trinajstić information content (AvgIpc) is 2.64. The molecule has 0 bridgehead atoms. The molecule has 0 aromatic heterocycles. The molecular formula is C13H24N2O2. The molecule has 1 amide bonds. The van der Waals surface area contributed by atoms with Gasteiger partial charge in [-0.3, -0.25) is 4.79 Å². The maximum Gasteiger partial charge on any atom is 0.227 e. The van der Waals surface area contributed by atoms with Crippen LogP contribution in [0.4, 0.5) is 0 Å². The van der Waals surface area contributed by atoms with Crippen LogP contribution >= 0.6 is 0 Å². The van der Waals surface area contributed by atoms with E-state index in [0.717, 1.165) is 51.7 Å².